The largest absolute Gasteiger partial charge is 0.325 e. The van der Waals surface area contributed by atoms with Gasteiger partial charge in [0.05, 0.1) is 5.75 Å². The molecule has 1 heterocycles. The number of aromatic amines is 1. The number of hydrogen-bond acceptors (Lipinski definition) is 4. The van der Waals surface area contributed by atoms with E-state index in [0.717, 1.165) is 27.9 Å². The van der Waals surface area contributed by atoms with Crippen LogP contribution in [-0.4, -0.2) is 26.8 Å². The van der Waals surface area contributed by atoms with Crippen molar-refractivity contribution in [2.24, 2.45) is 0 Å². The van der Waals surface area contributed by atoms with E-state index in [2.05, 4.69) is 39.6 Å². The first-order valence-corrected chi connectivity index (χ1v) is 9.41. The molecule has 0 saturated carbocycles. The van der Waals surface area contributed by atoms with Crippen molar-refractivity contribution in [3.8, 4) is 11.4 Å². The third-order valence-electron chi connectivity index (χ3n) is 4.03. The summed E-state index contributed by atoms with van der Waals surface area (Å²) in [4.78, 5) is 16.8. The fourth-order valence-electron chi connectivity index (χ4n) is 2.92. The number of amides is 1. The summed E-state index contributed by atoms with van der Waals surface area (Å²) in [5, 5.41) is 10.7. The van der Waals surface area contributed by atoms with Crippen molar-refractivity contribution in [2.45, 2.75) is 32.9 Å². The average molecular weight is 366 g/mol. The summed E-state index contributed by atoms with van der Waals surface area (Å²) < 4.78 is 0. The highest BCUT2D eigenvalue weighted by Crippen LogP contribution is 2.23. The molecule has 2 N–H and O–H groups in total. The maximum atomic E-state index is 12.3. The number of nitrogens with one attached hydrogen (secondary N) is 2. The van der Waals surface area contributed by atoms with Crippen LogP contribution in [0.1, 0.15) is 22.3 Å². The summed E-state index contributed by atoms with van der Waals surface area (Å²) in [6.07, 6.45) is 0. The van der Waals surface area contributed by atoms with Crippen molar-refractivity contribution in [1.82, 2.24) is 15.2 Å². The third-order valence-corrected chi connectivity index (χ3v) is 4.88. The molecule has 0 unspecified atom stereocenters. The predicted molar refractivity (Wildman–Crippen MR) is 107 cm³/mol. The van der Waals surface area contributed by atoms with E-state index in [0.29, 0.717) is 11.0 Å². The molecule has 0 aliphatic carbocycles. The van der Waals surface area contributed by atoms with Gasteiger partial charge in [0.15, 0.2) is 5.82 Å². The topological polar surface area (TPSA) is 70.7 Å². The van der Waals surface area contributed by atoms with Crippen LogP contribution < -0.4 is 5.32 Å². The van der Waals surface area contributed by atoms with Gasteiger partial charge in [0.2, 0.25) is 11.1 Å². The van der Waals surface area contributed by atoms with Gasteiger partial charge in [-0.15, -0.1) is 5.10 Å². The molecule has 0 spiro atoms. The minimum Gasteiger partial charge on any atom is -0.325 e. The van der Waals surface area contributed by atoms with E-state index in [9.17, 15) is 4.79 Å². The van der Waals surface area contributed by atoms with Gasteiger partial charge in [0.1, 0.15) is 0 Å². The highest BCUT2D eigenvalue weighted by molar-refractivity contribution is 7.99. The van der Waals surface area contributed by atoms with Crippen LogP contribution in [0.4, 0.5) is 5.69 Å². The van der Waals surface area contributed by atoms with Crippen molar-refractivity contribution < 1.29 is 4.79 Å². The normalized spacial score (nSPS) is 10.8. The van der Waals surface area contributed by atoms with E-state index in [-0.39, 0.29) is 11.7 Å². The molecule has 0 aliphatic rings. The summed E-state index contributed by atoms with van der Waals surface area (Å²) >= 11 is 1.32. The lowest BCUT2D eigenvalue weighted by atomic mass is 10.1. The Bertz CT molecular complexity index is 925. The van der Waals surface area contributed by atoms with Gasteiger partial charge in [-0.05, 0) is 44.9 Å². The van der Waals surface area contributed by atoms with E-state index < -0.39 is 0 Å². The van der Waals surface area contributed by atoms with Crippen molar-refractivity contribution in [1.29, 1.82) is 0 Å². The highest BCUT2D eigenvalue weighted by Gasteiger charge is 2.11. The number of rotatable bonds is 5. The van der Waals surface area contributed by atoms with Crippen molar-refractivity contribution in [3.63, 3.8) is 0 Å². The Hall–Kier alpha value is -2.60. The Kier molecular flexibility index (Phi) is 5.42. The second kappa shape index (κ2) is 7.74. The monoisotopic (exact) mass is 366 g/mol. The molecule has 1 aromatic heterocycles. The average Bonchev–Trinajstić information content (AvgIpc) is 3.05. The number of nitrogens with zero attached hydrogens (tertiary/aromatic N) is 2. The number of aryl methyl sites for hydroxylation is 4. The number of H-pyrrole nitrogens is 1. The fraction of sp³-hybridized carbons (Fsp3) is 0.250. The molecule has 0 aliphatic heterocycles. The molecule has 0 saturated heterocycles. The molecule has 2 aromatic carbocycles. The fourth-order valence-corrected chi connectivity index (χ4v) is 3.51. The lowest BCUT2D eigenvalue weighted by Crippen LogP contribution is -2.16. The van der Waals surface area contributed by atoms with Crippen LogP contribution in [0.15, 0.2) is 41.6 Å². The number of carbonyl (C=O) groups excluding carboxylic acids is 1. The van der Waals surface area contributed by atoms with Gasteiger partial charge in [-0.1, -0.05) is 53.2 Å². The number of anilines is 1. The SMILES string of the molecule is Cc1cccc(-c2nc(SCC(=O)Nc3c(C)cc(C)cc3C)n[nH]2)c1. The van der Waals surface area contributed by atoms with Crippen molar-refractivity contribution >= 4 is 23.4 Å². The number of carbonyl (C=O) groups is 1. The zero-order valence-electron chi connectivity index (χ0n) is 15.4. The second-order valence-corrected chi connectivity index (χ2v) is 7.39. The molecular weight excluding hydrogens is 344 g/mol. The highest BCUT2D eigenvalue weighted by atomic mass is 32.2. The molecule has 3 rings (SSSR count). The first-order valence-electron chi connectivity index (χ1n) is 8.42. The van der Waals surface area contributed by atoms with E-state index in [1.54, 1.807) is 0 Å². The van der Waals surface area contributed by atoms with Crippen molar-refractivity contribution in [2.75, 3.05) is 11.1 Å². The number of thioether (sulfide) groups is 1. The van der Waals surface area contributed by atoms with Gasteiger partial charge >= 0.3 is 0 Å². The lowest BCUT2D eigenvalue weighted by Gasteiger charge is -2.12. The molecule has 0 bridgehead atoms. The quantitative estimate of drug-likeness (QED) is 0.655. The Balaban J connectivity index is 1.62. The molecule has 6 heteroatoms. The minimum absolute atomic E-state index is 0.0630. The van der Waals surface area contributed by atoms with Crippen molar-refractivity contribution in [3.05, 3.63) is 58.7 Å². The van der Waals surface area contributed by atoms with Crippen LogP contribution in [0.25, 0.3) is 11.4 Å². The summed E-state index contributed by atoms with van der Waals surface area (Å²) in [6.45, 7) is 8.10. The zero-order chi connectivity index (χ0) is 18.7. The first-order chi connectivity index (χ1) is 12.4. The zero-order valence-corrected chi connectivity index (χ0v) is 16.2. The Morgan fingerprint density at radius 2 is 1.81 bits per heavy atom. The van der Waals surface area contributed by atoms with Gasteiger partial charge in [-0.2, -0.15) is 0 Å². The maximum absolute atomic E-state index is 12.3. The molecule has 0 radical (unpaired) electrons. The molecule has 0 atom stereocenters. The van der Waals surface area contributed by atoms with Crippen LogP contribution in [0, 0.1) is 27.7 Å². The van der Waals surface area contributed by atoms with E-state index >= 15 is 0 Å². The molecule has 0 fully saturated rings. The second-order valence-electron chi connectivity index (χ2n) is 6.45. The van der Waals surface area contributed by atoms with Gasteiger partial charge in [-0.3, -0.25) is 9.89 Å². The van der Waals surface area contributed by atoms with Crippen LogP contribution in [0.5, 0.6) is 0 Å². The van der Waals surface area contributed by atoms with E-state index in [1.807, 2.05) is 45.0 Å². The number of aromatic nitrogens is 3. The Labute approximate surface area is 157 Å². The summed E-state index contributed by atoms with van der Waals surface area (Å²) in [5.74, 6) is 0.909. The third kappa shape index (κ3) is 4.32. The Morgan fingerprint density at radius 1 is 1.08 bits per heavy atom. The Morgan fingerprint density at radius 3 is 2.50 bits per heavy atom. The smallest absolute Gasteiger partial charge is 0.234 e. The van der Waals surface area contributed by atoms with E-state index in [4.69, 9.17) is 0 Å². The van der Waals surface area contributed by atoms with Crippen LogP contribution in [0.2, 0.25) is 0 Å². The molecule has 5 nitrogen and oxygen atoms in total. The summed E-state index contributed by atoms with van der Waals surface area (Å²) in [7, 11) is 0. The first kappa shape index (κ1) is 18.2. The van der Waals surface area contributed by atoms with Gasteiger partial charge in [0.25, 0.3) is 0 Å². The number of benzene rings is 2. The van der Waals surface area contributed by atoms with Crippen LogP contribution in [0.3, 0.4) is 0 Å². The summed E-state index contributed by atoms with van der Waals surface area (Å²) in [5.41, 5.74) is 6.37. The molecule has 1 amide bonds. The maximum Gasteiger partial charge on any atom is 0.234 e. The molecule has 3 aromatic rings. The van der Waals surface area contributed by atoms with Gasteiger partial charge in [-0.25, -0.2) is 4.98 Å². The van der Waals surface area contributed by atoms with Gasteiger partial charge < -0.3 is 5.32 Å². The lowest BCUT2D eigenvalue weighted by molar-refractivity contribution is -0.113. The van der Waals surface area contributed by atoms with Gasteiger partial charge in [0, 0.05) is 11.3 Å². The summed E-state index contributed by atoms with van der Waals surface area (Å²) in [6, 6.07) is 12.2. The van der Waals surface area contributed by atoms with E-state index in [1.165, 1.54) is 17.3 Å². The van der Waals surface area contributed by atoms with Crippen LogP contribution in [-0.2, 0) is 4.79 Å². The number of hydrogen-bond donors (Lipinski definition) is 2. The molecule has 26 heavy (non-hydrogen) atoms. The molecule has 134 valence electrons. The predicted octanol–water partition coefficient (Wildman–Crippen LogP) is 4.44. The standard InChI is InChI=1S/C20H22N4OS/c1-12-6-5-7-16(10-12)19-22-20(24-23-19)26-11-17(25)21-18-14(3)8-13(2)9-15(18)4/h5-10H,11H2,1-4H3,(H,21,25)(H,22,23,24). The van der Waals surface area contributed by atoms with Crippen LogP contribution >= 0.6 is 11.8 Å². The molecular formula is C20H22N4OS. The minimum atomic E-state index is -0.0630.